The van der Waals surface area contributed by atoms with Gasteiger partial charge in [-0.25, -0.2) is 0 Å². The molecule has 1 heteroatoms. The van der Waals surface area contributed by atoms with E-state index in [0.717, 1.165) is 18.4 Å². The van der Waals surface area contributed by atoms with E-state index in [1.807, 2.05) is 0 Å². The van der Waals surface area contributed by atoms with E-state index < -0.39 is 0 Å². The van der Waals surface area contributed by atoms with Crippen LogP contribution >= 0.6 is 0 Å². The third-order valence-electron chi connectivity index (χ3n) is 3.95. The summed E-state index contributed by atoms with van der Waals surface area (Å²) in [5.74, 6) is 0. The molecule has 0 fully saturated rings. The van der Waals surface area contributed by atoms with E-state index in [4.69, 9.17) is 0 Å². The third-order valence-corrected chi connectivity index (χ3v) is 3.95. The van der Waals surface area contributed by atoms with Crippen molar-refractivity contribution in [3.05, 3.63) is 33.4 Å². The number of rotatable bonds is 3. The van der Waals surface area contributed by atoms with Crippen LogP contribution in [0.3, 0.4) is 0 Å². The Morgan fingerprint density at radius 2 is 1.19 bits per heavy atom. The molecule has 1 N–H and O–H groups in total. The molecule has 0 saturated carbocycles. The lowest BCUT2D eigenvalue weighted by Gasteiger charge is -2.22. The molecule has 0 heterocycles. The maximum atomic E-state index is 10.2. The zero-order valence-electron chi connectivity index (χ0n) is 11.4. The van der Waals surface area contributed by atoms with Gasteiger partial charge in [-0.2, -0.15) is 0 Å². The molecule has 1 rings (SSSR count). The molecular formula is C15H24O. The van der Waals surface area contributed by atoms with Gasteiger partial charge in [0.25, 0.3) is 0 Å². The van der Waals surface area contributed by atoms with Crippen LogP contribution in [0.15, 0.2) is 0 Å². The summed E-state index contributed by atoms with van der Waals surface area (Å²) in [6.45, 7) is 12.8. The van der Waals surface area contributed by atoms with Crippen LogP contribution in [-0.4, -0.2) is 5.11 Å². The summed E-state index contributed by atoms with van der Waals surface area (Å²) < 4.78 is 0. The number of hydrogen-bond acceptors (Lipinski definition) is 1. The van der Waals surface area contributed by atoms with Gasteiger partial charge in [0.05, 0.1) is 6.10 Å². The average molecular weight is 220 g/mol. The minimum Gasteiger partial charge on any atom is -0.388 e. The van der Waals surface area contributed by atoms with Gasteiger partial charge >= 0.3 is 0 Å². The molecule has 1 unspecified atom stereocenters. The van der Waals surface area contributed by atoms with Crippen LogP contribution in [0.1, 0.15) is 59.3 Å². The van der Waals surface area contributed by atoms with Gasteiger partial charge in [0.1, 0.15) is 0 Å². The zero-order chi connectivity index (χ0) is 12.5. The van der Waals surface area contributed by atoms with Crippen molar-refractivity contribution in [1.29, 1.82) is 0 Å². The molecule has 1 aromatic carbocycles. The van der Waals surface area contributed by atoms with Crippen molar-refractivity contribution in [1.82, 2.24) is 0 Å². The van der Waals surface area contributed by atoms with Crippen molar-refractivity contribution in [3.8, 4) is 0 Å². The van der Waals surface area contributed by atoms with E-state index in [2.05, 4.69) is 41.5 Å². The number of aliphatic hydroxyl groups is 1. The molecule has 0 radical (unpaired) electrons. The maximum Gasteiger partial charge on any atom is 0.0795 e. The normalized spacial score (nSPS) is 12.9. The second kappa shape index (κ2) is 5.01. The Labute approximate surface area is 99.5 Å². The number of benzene rings is 1. The van der Waals surface area contributed by atoms with E-state index in [-0.39, 0.29) is 6.10 Å². The quantitative estimate of drug-likeness (QED) is 0.814. The Kier molecular flexibility index (Phi) is 4.15. The zero-order valence-corrected chi connectivity index (χ0v) is 11.4. The first-order valence-corrected chi connectivity index (χ1v) is 6.16. The molecule has 16 heavy (non-hydrogen) atoms. The smallest absolute Gasteiger partial charge is 0.0795 e. The molecule has 0 spiro atoms. The van der Waals surface area contributed by atoms with E-state index >= 15 is 0 Å². The lowest BCUT2D eigenvalue weighted by atomic mass is 9.86. The van der Waals surface area contributed by atoms with Crippen LogP contribution in [0.2, 0.25) is 0 Å². The van der Waals surface area contributed by atoms with Crippen LogP contribution in [0, 0.1) is 34.6 Å². The van der Waals surface area contributed by atoms with E-state index in [1.165, 1.54) is 27.8 Å². The summed E-state index contributed by atoms with van der Waals surface area (Å²) in [5.41, 5.74) is 7.70. The first-order chi connectivity index (χ1) is 7.41. The van der Waals surface area contributed by atoms with Gasteiger partial charge in [0.15, 0.2) is 0 Å². The lowest BCUT2D eigenvalue weighted by Crippen LogP contribution is -2.07. The summed E-state index contributed by atoms with van der Waals surface area (Å²) in [5, 5.41) is 10.2. The predicted octanol–water partition coefficient (Wildman–Crippen LogP) is 4.06. The Bertz CT molecular complexity index is 362. The minimum absolute atomic E-state index is 0.303. The molecule has 1 aromatic rings. The molecule has 0 bridgehead atoms. The Morgan fingerprint density at radius 3 is 1.56 bits per heavy atom. The molecular weight excluding hydrogens is 196 g/mol. The molecule has 90 valence electrons. The van der Waals surface area contributed by atoms with Crippen LogP contribution in [0.4, 0.5) is 0 Å². The Balaban J connectivity index is 3.39. The van der Waals surface area contributed by atoms with Crippen molar-refractivity contribution in [3.63, 3.8) is 0 Å². The van der Waals surface area contributed by atoms with Crippen molar-refractivity contribution in [2.24, 2.45) is 0 Å². The van der Waals surface area contributed by atoms with Crippen LogP contribution < -0.4 is 0 Å². The molecule has 0 aliphatic rings. The second-order valence-corrected chi connectivity index (χ2v) is 4.84. The first kappa shape index (κ1) is 13.2. The van der Waals surface area contributed by atoms with Crippen molar-refractivity contribution in [2.75, 3.05) is 0 Å². The van der Waals surface area contributed by atoms with Gasteiger partial charge in [-0.1, -0.05) is 13.3 Å². The fourth-order valence-electron chi connectivity index (χ4n) is 2.45. The van der Waals surface area contributed by atoms with Gasteiger partial charge in [0, 0.05) is 0 Å². The summed E-state index contributed by atoms with van der Waals surface area (Å²) in [4.78, 5) is 0. The summed E-state index contributed by atoms with van der Waals surface area (Å²) in [6, 6.07) is 0. The van der Waals surface area contributed by atoms with E-state index in [1.54, 1.807) is 0 Å². The maximum absolute atomic E-state index is 10.2. The molecule has 0 aliphatic carbocycles. The lowest BCUT2D eigenvalue weighted by molar-refractivity contribution is 0.165. The minimum atomic E-state index is -0.303. The fourth-order valence-corrected chi connectivity index (χ4v) is 2.45. The summed E-state index contributed by atoms with van der Waals surface area (Å²) in [7, 11) is 0. The topological polar surface area (TPSA) is 20.2 Å². The number of aliphatic hydroxyl groups excluding tert-OH is 1. The monoisotopic (exact) mass is 220 g/mol. The average Bonchev–Trinajstić information content (AvgIpc) is 2.24. The highest BCUT2D eigenvalue weighted by atomic mass is 16.3. The van der Waals surface area contributed by atoms with Crippen molar-refractivity contribution >= 4 is 0 Å². The molecule has 1 atom stereocenters. The van der Waals surface area contributed by atoms with Crippen LogP contribution in [0.25, 0.3) is 0 Å². The molecule has 0 aliphatic heterocycles. The highest BCUT2D eigenvalue weighted by Crippen LogP contribution is 2.32. The molecule has 0 amide bonds. The van der Waals surface area contributed by atoms with E-state index in [9.17, 15) is 5.11 Å². The van der Waals surface area contributed by atoms with Crippen molar-refractivity contribution in [2.45, 2.75) is 60.5 Å². The largest absolute Gasteiger partial charge is 0.388 e. The molecule has 0 aromatic heterocycles. The molecule has 0 saturated heterocycles. The van der Waals surface area contributed by atoms with Gasteiger partial charge in [-0.15, -0.1) is 0 Å². The highest BCUT2D eigenvalue weighted by molar-refractivity contribution is 5.50. The Morgan fingerprint density at radius 1 is 0.812 bits per heavy atom. The molecule has 1 nitrogen and oxygen atoms in total. The SMILES string of the molecule is CCCC(O)c1c(C)c(C)c(C)c(C)c1C. The van der Waals surface area contributed by atoms with Gasteiger partial charge in [-0.05, 0) is 74.4 Å². The summed E-state index contributed by atoms with van der Waals surface area (Å²) >= 11 is 0. The standard InChI is InChI=1S/C15H24O/c1-7-8-14(16)15-12(5)10(3)9(2)11(4)13(15)6/h14,16H,7-8H2,1-6H3. The highest BCUT2D eigenvalue weighted by Gasteiger charge is 2.17. The second-order valence-electron chi connectivity index (χ2n) is 4.84. The fraction of sp³-hybridized carbons (Fsp3) is 0.600. The third kappa shape index (κ3) is 2.15. The predicted molar refractivity (Wildman–Crippen MR) is 70.0 cm³/mol. The van der Waals surface area contributed by atoms with Gasteiger partial charge < -0.3 is 5.11 Å². The van der Waals surface area contributed by atoms with Gasteiger partial charge in [-0.3, -0.25) is 0 Å². The Hall–Kier alpha value is -0.820. The summed E-state index contributed by atoms with van der Waals surface area (Å²) in [6.07, 6.45) is 1.57. The van der Waals surface area contributed by atoms with E-state index in [0.29, 0.717) is 0 Å². The van der Waals surface area contributed by atoms with Crippen molar-refractivity contribution < 1.29 is 5.11 Å². The van der Waals surface area contributed by atoms with Crippen LogP contribution in [0.5, 0.6) is 0 Å². The van der Waals surface area contributed by atoms with Crippen LogP contribution in [-0.2, 0) is 0 Å². The number of hydrogen-bond donors (Lipinski definition) is 1. The first-order valence-electron chi connectivity index (χ1n) is 6.16. The van der Waals surface area contributed by atoms with Gasteiger partial charge in [0.2, 0.25) is 0 Å².